The molecule has 0 saturated carbocycles. The van der Waals surface area contributed by atoms with E-state index in [1.54, 1.807) is 0 Å². The molecular formula is C21H31N2O2+. The van der Waals surface area contributed by atoms with E-state index in [0.717, 1.165) is 19.5 Å². The van der Waals surface area contributed by atoms with Crippen molar-refractivity contribution >= 4 is 5.97 Å². The lowest BCUT2D eigenvalue weighted by atomic mass is 10.1. The van der Waals surface area contributed by atoms with E-state index in [4.69, 9.17) is 5.11 Å². The van der Waals surface area contributed by atoms with Gasteiger partial charge in [0.05, 0.1) is 6.54 Å². The minimum absolute atomic E-state index is 0.229. The van der Waals surface area contributed by atoms with Gasteiger partial charge in [-0.15, -0.1) is 0 Å². The maximum absolute atomic E-state index is 10.8. The predicted octanol–water partition coefficient (Wildman–Crippen LogP) is 4.20. The van der Waals surface area contributed by atoms with E-state index in [9.17, 15) is 4.79 Å². The molecule has 1 aromatic heterocycles. The molecule has 0 atom stereocenters. The van der Waals surface area contributed by atoms with Gasteiger partial charge in [-0.05, 0) is 18.4 Å². The fraction of sp³-hybridized carbons (Fsp3) is 0.524. The Bertz CT molecular complexity index is 635. The lowest BCUT2D eigenvalue weighted by Crippen LogP contribution is -2.38. The lowest BCUT2D eigenvalue weighted by Gasteiger charge is -2.06. The molecule has 0 saturated heterocycles. The van der Waals surface area contributed by atoms with Gasteiger partial charge in [0, 0.05) is 12.8 Å². The maximum atomic E-state index is 10.8. The van der Waals surface area contributed by atoms with Gasteiger partial charge >= 0.3 is 5.97 Å². The van der Waals surface area contributed by atoms with Crippen molar-refractivity contribution in [3.8, 4) is 0 Å². The number of aromatic nitrogens is 2. The molecule has 1 N–H and O–H groups in total. The van der Waals surface area contributed by atoms with Crippen molar-refractivity contribution in [1.82, 2.24) is 4.57 Å². The van der Waals surface area contributed by atoms with Crippen LogP contribution in [-0.2, 0) is 24.3 Å². The molecule has 0 aliphatic heterocycles. The molecule has 0 unspecified atom stereocenters. The molecule has 0 radical (unpaired) electrons. The Balaban J connectivity index is 2.02. The zero-order valence-corrected chi connectivity index (χ0v) is 15.4. The summed E-state index contributed by atoms with van der Waals surface area (Å²) in [7, 11) is 0. The number of carboxylic acid groups (broad SMARTS) is 1. The molecular weight excluding hydrogens is 312 g/mol. The highest BCUT2D eigenvalue weighted by Crippen LogP contribution is 2.09. The summed E-state index contributed by atoms with van der Waals surface area (Å²) in [5, 5.41) is 8.87. The number of carboxylic acids is 1. The molecule has 4 nitrogen and oxygen atoms in total. The second-order valence-electron chi connectivity index (χ2n) is 6.68. The van der Waals surface area contributed by atoms with Crippen LogP contribution in [0.2, 0.25) is 0 Å². The quantitative estimate of drug-likeness (QED) is 0.464. The first-order valence-corrected chi connectivity index (χ1v) is 9.54. The zero-order valence-electron chi connectivity index (χ0n) is 15.4. The largest absolute Gasteiger partial charge is 0.481 e. The summed E-state index contributed by atoms with van der Waals surface area (Å²) in [5.74, 6) is 0.594. The number of carbonyl (C=O) groups is 1. The molecule has 0 aliphatic rings. The van der Waals surface area contributed by atoms with Crippen LogP contribution in [0.5, 0.6) is 0 Å². The first kappa shape index (κ1) is 19.2. The second kappa shape index (κ2) is 10.7. The van der Waals surface area contributed by atoms with Crippen LogP contribution in [0.1, 0.15) is 63.3 Å². The number of unbranched alkanes of at least 4 members (excludes halogenated alkanes) is 4. The number of nitrogens with zero attached hydrogens (tertiary/aromatic N) is 2. The highest BCUT2D eigenvalue weighted by Gasteiger charge is 2.17. The summed E-state index contributed by atoms with van der Waals surface area (Å²) in [6.45, 7) is 3.89. The Hall–Kier alpha value is -2.10. The smallest absolute Gasteiger partial charge is 0.303 e. The second-order valence-corrected chi connectivity index (χ2v) is 6.68. The number of aliphatic carboxylic acids is 1. The molecule has 4 heteroatoms. The van der Waals surface area contributed by atoms with E-state index in [-0.39, 0.29) is 6.42 Å². The summed E-state index contributed by atoms with van der Waals surface area (Å²) < 4.78 is 4.56. The number of aryl methyl sites for hydroxylation is 1. The van der Waals surface area contributed by atoms with Crippen molar-refractivity contribution in [2.75, 3.05) is 0 Å². The highest BCUT2D eigenvalue weighted by molar-refractivity contribution is 5.66. The summed E-state index contributed by atoms with van der Waals surface area (Å²) in [6.07, 6.45) is 12.5. The van der Waals surface area contributed by atoms with Crippen LogP contribution in [0.25, 0.3) is 0 Å². The third-order valence-corrected chi connectivity index (χ3v) is 4.58. The van der Waals surface area contributed by atoms with Crippen LogP contribution in [0, 0.1) is 0 Å². The van der Waals surface area contributed by atoms with E-state index in [1.165, 1.54) is 43.5 Å². The van der Waals surface area contributed by atoms with Crippen molar-refractivity contribution in [2.45, 2.75) is 71.4 Å². The van der Waals surface area contributed by atoms with E-state index in [1.807, 2.05) is 6.07 Å². The predicted molar refractivity (Wildman–Crippen MR) is 99.5 cm³/mol. The summed E-state index contributed by atoms with van der Waals surface area (Å²) >= 11 is 0. The van der Waals surface area contributed by atoms with Gasteiger partial charge in [0.25, 0.3) is 5.82 Å². The van der Waals surface area contributed by atoms with Crippen LogP contribution in [0.4, 0.5) is 0 Å². The van der Waals surface area contributed by atoms with E-state index in [0.29, 0.717) is 6.42 Å². The minimum Gasteiger partial charge on any atom is -0.481 e. The third kappa shape index (κ3) is 6.73. The van der Waals surface area contributed by atoms with Crippen molar-refractivity contribution in [3.05, 3.63) is 54.1 Å². The van der Waals surface area contributed by atoms with E-state index >= 15 is 0 Å². The highest BCUT2D eigenvalue weighted by atomic mass is 16.4. The number of hydrogen-bond donors (Lipinski definition) is 1. The summed E-state index contributed by atoms with van der Waals surface area (Å²) in [5.41, 5.74) is 1.29. The molecule has 0 aliphatic carbocycles. The van der Waals surface area contributed by atoms with Crippen LogP contribution in [0.15, 0.2) is 42.7 Å². The van der Waals surface area contributed by atoms with Crippen molar-refractivity contribution < 1.29 is 14.5 Å². The average Bonchev–Trinajstić information content (AvgIpc) is 2.97. The topological polar surface area (TPSA) is 46.1 Å². The van der Waals surface area contributed by atoms with Crippen LogP contribution >= 0.6 is 0 Å². The molecule has 0 amide bonds. The van der Waals surface area contributed by atoms with Gasteiger partial charge < -0.3 is 5.11 Å². The number of imidazole rings is 1. The number of benzene rings is 1. The van der Waals surface area contributed by atoms with Gasteiger partial charge in [0.1, 0.15) is 18.9 Å². The van der Waals surface area contributed by atoms with Crippen LogP contribution in [0.3, 0.4) is 0 Å². The Morgan fingerprint density at radius 1 is 1.08 bits per heavy atom. The minimum atomic E-state index is -0.717. The fourth-order valence-electron chi connectivity index (χ4n) is 3.20. The normalized spacial score (nSPS) is 10.9. The Kier molecular flexibility index (Phi) is 8.23. The number of hydrogen-bond acceptors (Lipinski definition) is 1. The van der Waals surface area contributed by atoms with Crippen LogP contribution < -0.4 is 4.57 Å². The van der Waals surface area contributed by atoms with Gasteiger partial charge in [0.2, 0.25) is 0 Å². The summed E-state index contributed by atoms with van der Waals surface area (Å²) in [6, 6.07) is 10.5. The van der Waals surface area contributed by atoms with Gasteiger partial charge in [-0.25, -0.2) is 9.13 Å². The molecule has 0 spiro atoms. The molecule has 2 rings (SSSR count). The molecule has 136 valence electrons. The number of rotatable bonds is 12. The van der Waals surface area contributed by atoms with E-state index in [2.05, 4.69) is 52.7 Å². The lowest BCUT2D eigenvalue weighted by molar-refractivity contribution is -0.695. The van der Waals surface area contributed by atoms with Gasteiger partial charge in [0.15, 0.2) is 0 Å². The van der Waals surface area contributed by atoms with Crippen LogP contribution in [-0.4, -0.2) is 15.6 Å². The summed E-state index contributed by atoms with van der Waals surface area (Å²) in [4.78, 5) is 10.8. The molecule has 1 aromatic carbocycles. The van der Waals surface area contributed by atoms with Crippen molar-refractivity contribution in [2.24, 2.45) is 0 Å². The first-order valence-electron chi connectivity index (χ1n) is 9.54. The monoisotopic (exact) mass is 343 g/mol. The molecule has 0 bridgehead atoms. The Morgan fingerprint density at radius 3 is 2.56 bits per heavy atom. The molecule has 2 aromatic rings. The van der Waals surface area contributed by atoms with Crippen molar-refractivity contribution in [1.29, 1.82) is 0 Å². The van der Waals surface area contributed by atoms with E-state index < -0.39 is 5.97 Å². The molecule has 1 heterocycles. The Labute approximate surface area is 151 Å². The zero-order chi connectivity index (χ0) is 17.9. The molecule has 0 fully saturated rings. The fourth-order valence-corrected chi connectivity index (χ4v) is 3.20. The standard InChI is InChI=1S/C21H30N2O2/c1-2-3-4-5-9-13-20-22(15-10-14-21(24)25)16-17-23(20)18-19-11-7-6-8-12-19/h6-8,11-12,16-17H,2-5,9-10,13-15,18H2,1H3/p+1. The SMILES string of the molecule is CCCCCCCc1n(CCCC(=O)O)cc[n+]1Cc1ccccc1. The molecule has 25 heavy (non-hydrogen) atoms. The van der Waals surface area contributed by atoms with Gasteiger partial charge in [-0.2, -0.15) is 0 Å². The Morgan fingerprint density at radius 2 is 1.84 bits per heavy atom. The average molecular weight is 343 g/mol. The third-order valence-electron chi connectivity index (χ3n) is 4.58. The first-order chi connectivity index (χ1) is 12.2. The maximum Gasteiger partial charge on any atom is 0.303 e. The van der Waals surface area contributed by atoms with Gasteiger partial charge in [-0.1, -0.05) is 62.9 Å². The van der Waals surface area contributed by atoms with Gasteiger partial charge in [-0.3, -0.25) is 4.79 Å². The van der Waals surface area contributed by atoms with Crippen molar-refractivity contribution in [3.63, 3.8) is 0 Å².